The van der Waals surface area contributed by atoms with Crippen molar-refractivity contribution in [3.05, 3.63) is 35.6 Å². The van der Waals surface area contributed by atoms with E-state index in [4.69, 9.17) is 9.47 Å². The van der Waals surface area contributed by atoms with Crippen molar-refractivity contribution in [3.63, 3.8) is 0 Å². The quantitative estimate of drug-likeness (QED) is 0.705. The summed E-state index contributed by atoms with van der Waals surface area (Å²) in [4.78, 5) is 0. The summed E-state index contributed by atoms with van der Waals surface area (Å²) < 4.78 is 25.4. The van der Waals surface area contributed by atoms with E-state index in [0.29, 0.717) is 25.3 Å². The number of nitrogens with one attached hydrogen (secondary N) is 1. The molecule has 0 aliphatic rings. The monoisotopic (exact) mass is 297 g/mol. The molecule has 0 aliphatic heterocycles. The summed E-state index contributed by atoms with van der Waals surface area (Å²) in [6.45, 7) is 10.6. The molecule has 0 amide bonds. The molecule has 0 radical (unpaired) electrons. The zero-order chi connectivity index (χ0) is 15.7. The van der Waals surface area contributed by atoms with Crippen LogP contribution in [0.2, 0.25) is 0 Å². The molecule has 4 heteroatoms. The van der Waals surface area contributed by atoms with Gasteiger partial charge in [0.1, 0.15) is 5.82 Å². The molecule has 1 aromatic rings. The Bertz CT molecular complexity index is 404. The maximum Gasteiger partial charge on any atom is 0.129 e. The third-order valence-electron chi connectivity index (χ3n) is 2.95. The Kier molecular flexibility index (Phi) is 7.86. The molecule has 120 valence electrons. The first-order valence-corrected chi connectivity index (χ1v) is 7.64. The lowest BCUT2D eigenvalue weighted by molar-refractivity contribution is -0.0524. The minimum atomic E-state index is -0.290. The van der Waals surface area contributed by atoms with E-state index < -0.39 is 0 Å². The molecule has 3 nitrogen and oxygen atoms in total. The molecule has 0 spiro atoms. The fraction of sp³-hybridized carbons (Fsp3) is 0.647. The molecule has 0 aliphatic carbocycles. The highest BCUT2D eigenvalue weighted by Crippen LogP contribution is 2.20. The van der Waals surface area contributed by atoms with Crippen molar-refractivity contribution in [1.29, 1.82) is 0 Å². The van der Waals surface area contributed by atoms with Crippen LogP contribution in [-0.2, 0) is 9.47 Å². The third kappa shape index (κ3) is 7.55. The fourth-order valence-corrected chi connectivity index (χ4v) is 1.94. The first-order valence-electron chi connectivity index (χ1n) is 7.64. The summed E-state index contributed by atoms with van der Waals surface area (Å²) in [5, 5.41) is 3.29. The summed E-state index contributed by atoms with van der Waals surface area (Å²) in [6.07, 6.45) is 0.748. The number of ether oxygens (including phenoxy) is 2. The zero-order valence-corrected chi connectivity index (χ0v) is 13.6. The fourth-order valence-electron chi connectivity index (χ4n) is 1.94. The Hall–Kier alpha value is -0.970. The van der Waals surface area contributed by atoms with E-state index >= 15 is 0 Å². The minimum Gasteiger partial charge on any atom is -0.373 e. The van der Waals surface area contributed by atoms with Crippen molar-refractivity contribution >= 4 is 0 Å². The van der Waals surface area contributed by atoms with Gasteiger partial charge in [-0.3, -0.25) is 0 Å². The van der Waals surface area contributed by atoms with Gasteiger partial charge in [-0.25, -0.2) is 4.39 Å². The SMILES string of the molecule is CCCNCC(OCCOC(C)(C)C)c1ccccc1F. The number of hydrogen-bond acceptors (Lipinski definition) is 3. The van der Waals surface area contributed by atoms with Crippen LogP contribution >= 0.6 is 0 Å². The van der Waals surface area contributed by atoms with E-state index in [1.165, 1.54) is 6.07 Å². The number of rotatable bonds is 9. The first kappa shape index (κ1) is 18.1. The van der Waals surface area contributed by atoms with Crippen molar-refractivity contribution < 1.29 is 13.9 Å². The standard InChI is InChI=1S/C17H28FNO2/c1-5-10-19-13-16(14-8-6-7-9-15(14)18)20-11-12-21-17(2,3)4/h6-9,16,19H,5,10-13H2,1-4H3. The van der Waals surface area contributed by atoms with Gasteiger partial charge >= 0.3 is 0 Å². The summed E-state index contributed by atoms with van der Waals surface area (Å²) in [5.41, 5.74) is 0.411. The van der Waals surface area contributed by atoms with Crippen LogP contribution in [0, 0.1) is 5.82 Å². The van der Waals surface area contributed by atoms with E-state index in [1.54, 1.807) is 12.1 Å². The summed E-state index contributed by atoms with van der Waals surface area (Å²) >= 11 is 0. The van der Waals surface area contributed by atoms with Crippen molar-refractivity contribution in [2.45, 2.75) is 45.8 Å². The molecule has 0 aromatic heterocycles. The van der Waals surface area contributed by atoms with Crippen LogP contribution in [-0.4, -0.2) is 31.9 Å². The van der Waals surface area contributed by atoms with E-state index in [-0.39, 0.29) is 17.5 Å². The van der Waals surface area contributed by atoms with Crippen LogP contribution in [0.4, 0.5) is 4.39 Å². The van der Waals surface area contributed by atoms with Gasteiger partial charge in [0.2, 0.25) is 0 Å². The molecule has 1 unspecified atom stereocenters. The Morgan fingerprint density at radius 2 is 1.90 bits per heavy atom. The van der Waals surface area contributed by atoms with Gasteiger partial charge in [0.15, 0.2) is 0 Å². The van der Waals surface area contributed by atoms with Gasteiger partial charge < -0.3 is 14.8 Å². The van der Waals surface area contributed by atoms with Gasteiger partial charge in [-0.1, -0.05) is 25.1 Å². The normalized spacial score (nSPS) is 13.4. The second-order valence-electron chi connectivity index (χ2n) is 6.05. The average Bonchev–Trinajstić information content (AvgIpc) is 2.41. The molecule has 21 heavy (non-hydrogen) atoms. The molecule has 1 aromatic carbocycles. The molecule has 0 bridgehead atoms. The Labute approximate surface area is 127 Å². The van der Waals surface area contributed by atoms with E-state index in [9.17, 15) is 4.39 Å². The van der Waals surface area contributed by atoms with Crippen molar-refractivity contribution in [1.82, 2.24) is 5.32 Å². The summed E-state index contributed by atoms with van der Waals surface area (Å²) in [7, 11) is 0. The smallest absolute Gasteiger partial charge is 0.129 e. The summed E-state index contributed by atoms with van der Waals surface area (Å²) in [6, 6.07) is 6.77. The topological polar surface area (TPSA) is 30.5 Å². The van der Waals surface area contributed by atoms with Gasteiger partial charge in [0.25, 0.3) is 0 Å². The minimum absolute atomic E-state index is 0.183. The Balaban J connectivity index is 2.55. The van der Waals surface area contributed by atoms with Gasteiger partial charge in [0, 0.05) is 12.1 Å². The Morgan fingerprint density at radius 3 is 2.52 bits per heavy atom. The predicted molar refractivity (Wildman–Crippen MR) is 84.0 cm³/mol. The van der Waals surface area contributed by atoms with E-state index in [2.05, 4.69) is 12.2 Å². The van der Waals surface area contributed by atoms with Gasteiger partial charge in [-0.15, -0.1) is 0 Å². The van der Waals surface area contributed by atoms with Crippen molar-refractivity contribution in [2.75, 3.05) is 26.3 Å². The van der Waals surface area contributed by atoms with Gasteiger partial charge in [-0.05, 0) is 39.8 Å². The van der Waals surface area contributed by atoms with Crippen LogP contribution in [0.5, 0.6) is 0 Å². The van der Waals surface area contributed by atoms with Crippen LogP contribution in [0.1, 0.15) is 45.8 Å². The molecule has 0 fully saturated rings. The lowest BCUT2D eigenvalue weighted by Gasteiger charge is -2.22. The Morgan fingerprint density at radius 1 is 1.19 bits per heavy atom. The highest BCUT2D eigenvalue weighted by molar-refractivity contribution is 5.20. The van der Waals surface area contributed by atoms with Crippen molar-refractivity contribution in [3.8, 4) is 0 Å². The van der Waals surface area contributed by atoms with Crippen LogP contribution in [0.25, 0.3) is 0 Å². The van der Waals surface area contributed by atoms with Crippen LogP contribution in [0.3, 0.4) is 0 Å². The average molecular weight is 297 g/mol. The second kappa shape index (κ2) is 9.13. The maximum atomic E-state index is 13.9. The van der Waals surface area contributed by atoms with Gasteiger partial charge in [0.05, 0.1) is 24.9 Å². The highest BCUT2D eigenvalue weighted by Gasteiger charge is 2.16. The van der Waals surface area contributed by atoms with E-state index in [0.717, 1.165) is 13.0 Å². The lowest BCUT2D eigenvalue weighted by atomic mass is 10.1. The highest BCUT2D eigenvalue weighted by atomic mass is 19.1. The van der Waals surface area contributed by atoms with E-state index in [1.807, 2.05) is 26.8 Å². The zero-order valence-electron chi connectivity index (χ0n) is 13.6. The van der Waals surface area contributed by atoms with Gasteiger partial charge in [-0.2, -0.15) is 0 Å². The van der Waals surface area contributed by atoms with Crippen LogP contribution in [0.15, 0.2) is 24.3 Å². The molecule has 1 rings (SSSR count). The maximum absolute atomic E-state index is 13.9. The molecular formula is C17H28FNO2. The predicted octanol–water partition coefficient (Wildman–Crippen LogP) is 3.70. The third-order valence-corrected chi connectivity index (χ3v) is 2.95. The summed E-state index contributed by atoms with van der Waals surface area (Å²) in [5.74, 6) is -0.225. The molecule has 0 saturated heterocycles. The number of benzene rings is 1. The second-order valence-corrected chi connectivity index (χ2v) is 6.05. The van der Waals surface area contributed by atoms with Crippen molar-refractivity contribution in [2.24, 2.45) is 0 Å². The molecule has 1 N–H and O–H groups in total. The largest absolute Gasteiger partial charge is 0.373 e. The molecule has 0 heterocycles. The molecular weight excluding hydrogens is 269 g/mol. The number of hydrogen-bond donors (Lipinski definition) is 1. The molecule has 1 atom stereocenters. The first-order chi connectivity index (χ1) is 9.94. The number of halogens is 1. The van der Waals surface area contributed by atoms with Crippen LogP contribution < -0.4 is 5.32 Å². The molecule has 0 saturated carbocycles. The lowest BCUT2D eigenvalue weighted by Crippen LogP contribution is -2.27.